The summed E-state index contributed by atoms with van der Waals surface area (Å²) >= 11 is 12.0. The van der Waals surface area contributed by atoms with Gasteiger partial charge in [-0.2, -0.15) is 0 Å². The van der Waals surface area contributed by atoms with Gasteiger partial charge in [-0.1, -0.05) is 23.2 Å². The Labute approximate surface area is 126 Å². The third-order valence-electron chi connectivity index (χ3n) is 3.13. The summed E-state index contributed by atoms with van der Waals surface area (Å²) in [4.78, 5) is 4.51. The van der Waals surface area contributed by atoms with Gasteiger partial charge in [0.1, 0.15) is 5.52 Å². The van der Waals surface area contributed by atoms with Crippen LogP contribution in [0.25, 0.3) is 22.6 Å². The van der Waals surface area contributed by atoms with E-state index < -0.39 is 0 Å². The molecule has 3 nitrogen and oxygen atoms in total. The van der Waals surface area contributed by atoms with Crippen LogP contribution in [0.15, 0.2) is 34.7 Å². The monoisotopic (exact) mass is 306 g/mol. The molecular formula is C15H12Cl2N2O. The van der Waals surface area contributed by atoms with E-state index in [1.807, 2.05) is 32.2 Å². The molecule has 3 aromatic rings. The lowest BCUT2D eigenvalue weighted by Crippen LogP contribution is -1.88. The lowest BCUT2D eigenvalue weighted by atomic mass is 10.2. The van der Waals surface area contributed by atoms with Gasteiger partial charge < -0.3 is 9.73 Å². The second-order valence-electron chi connectivity index (χ2n) is 4.54. The first-order valence-corrected chi connectivity index (χ1v) is 6.88. The topological polar surface area (TPSA) is 38.1 Å². The number of aromatic nitrogens is 1. The van der Waals surface area contributed by atoms with Crippen LogP contribution < -0.4 is 5.32 Å². The lowest BCUT2D eigenvalue weighted by Gasteiger charge is -2.00. The van der Waals surface area contributed by atoms with Gasteiger partial charge in [0.2, 0.25) is 5.89 Å². The number of aryl methyl sites for hydroxylation is 1. The summed E-state index contributed by atoms with van der Waals surface area (Å²) in [5.74, 6) is 0.537. The normalized spacial score (nSPS) is 11.0. The van der Waals surface area contributed by atoms with Crippen LogP contribution in [0.1, 0.15) is 5.56 Å². The molecule has 0 radical (unpaired) electrons. The number of anilines is 1. The van der Waals surface area contributed by atoms with E-state index >= 15 is 0 Å². The molecule has 20 heavy (non-hydrogen) atoms. The molecule has 1 aromatic heterocycles. The molecule has 1 heterocycles. The Bertz CT molecular complexity index is 796. The summed E-state index contributed by atoms with van der Waals surface area (Å²) in [6.07, 6.45) is 0. The molecule has 0 amide bonds. The molecule has 5 heteroatoms. The molecule has 0 atom stereocenters. The van der Waals surface area contributed by atoms with Crippen molar-refractivity contribution >= 4 is 40.0 Å². The highest BCUT2D eigenvalue weighted by molar-refractivity contribution is 6.42. The van der Waals surface area contributed by atoms with Gasteiger partial charge in [-0.25, -0.2) is 4.98 Å². The number of oxazole rings is 1. The maximum Gasteiger partial charge on any atom is 0.227 e. The van der Waals surface area contributed by atoms with Crippen LogP contribution in [0, 0.1) is 6.92 Å². The Morgan fingerprint density at radius 2 is 1.90 bits per heavy atom. The predicted octanol–water partition coefficient (Wildman–Crippen LogP) is 5.15. The number of nitrogens with zero attached hydrogens (tertiary/aromatic N) is 1. The van der Waals surface area contributed by atoms with Crippen molar-refractivity contribution in [3.8, 4) is 11.5 Å². The van der Waals surface area contributed by atoms with Crippen molar-refractivity contribution in [3.63, 3.8) is 0 Å². The summed E-state index contributed by atoms with van der Waals surface area (Å²) in [6, 6.07) is 9.30. The average molecular weight is 307 g/mol. The van der Waals surface area contributed by atoms with Crippen molar-refractivity contribution in [3.05, 3.63) is 45.9 Å². The third kappa shape index (κ3) is 2.23. The zero-order chi connectivity index (χ0) is 14.3. The molecule has 0 fully saturated rings. The van der Waals surface area contributed by atoms with Gasteiger partial charge in [0, 0.05) is 18.3 Å². The summed E-state index contributed by atoms with van der Waals surface area (Å²) in [5.41, 5.74) is 4.44. The molecular weight excluding hydrogens is 295 g/mol. The Kier molecular flexibility index (Phi) is 3.32. The van der Waals surface area contributed by atoms with Gasteiger partial charge in [0.05, 0.1) is 10.0 Å². The first kappa shape index (κ1) is 13.3. The highest BCUT2D eigenvalue weighted by Gasteiger charge is 2.12. The van der Waals surface area contributed by atoms with Crippen LogP contribution in [0.4, 0.5) is 5.69 Å². The molecule has 2 aromatic carbocycles. The zero-order valence-electron chi connectivity index (χ0n) is 11.0. The van der Waals surface area contributed by atoms with Crippen molar-refractivity contribution in [2.75, 3.05) is 12.4 Å². The average Bonchev–Trinajstić information content (AvgIpc) is 2.86. The van der Waals surface area contributed by atoms with Crippen molar-refractivity contribution in [1.29, 1.82) is 0 Å². The minimum Gasteiger partial charge on any atom is -0.436 e. The highest BCUT2D eigenvalue weighted by atomic mass is 35.5. The second kappa shape index (κ2) is 5.00. The smallest absolute Gasteiger partial charge is 0.227 e. The fourth-order valence-corrected chi connectivity index (χ4v) is 2.40. The van der Waals surface area contributed by atoms with Crippen molar-refractivity contribution in [1.82, 2.24) is 4.98 Å². The third-order valence-corrected chi connectivity index (χ3v) is 3.87. The molecule has 0 bridgehead atoms. The van der Waals surface area contributed by atoms with E-state index in [9.17, 15) is 0 Å². The zero-order valence-corrected chi connectivity index (χ0v) is 12.5. The van der Waals surface area contributed by atoms with E-state index in [1.165, 1.54) is 0 Å². The van der Waals surface area contributed by atoms with Gasteiger partial charge in [-0.05, 0) is 42.8 Å². The first-order valence-electron chi connectivity index (χ1n) is 6.13. The van der Waals surface area contributed by atoms with Gasteiger partial charge >= 0.3 is 0 Å². The van der Waals surface area contributed by atoms with E-state index in [1.54, 1.807) is 12.1 Å². The largest absolute Gasteiger partial charge is 0.436 e. The van der Waals surface area contributed by atoms with Crippen LogP contribution in [0.2, 0.25) is 10.0 Å². The SMILES string of the molecule is CNc1cc(C)c2oc(-c3ccc(Cl)c(Cl)c3)nc2c1. The molecule has 0 saturated heterocycles. The Morgan fingerprint density at radius 3 is 2.60 bits per heavy atom. The quantitative estimate of drug-likeness (QED) is 0.711. The highest BCUT2D eigenvalue weighted by Crippen LogP contribution is 2.32. The maximum atomic E-state index is 6.03. The predicted molar refractivity (Wildman–Crippen MR) is 83.7 cm³/mol. The molecule has 0 unspecified atom stereocenters. The second-order valence-corrected chi connectivity index (χ2v) is 5.35. The molecule has 0 saturated carbocycles. The molecule has 0 aliphatic carbocycles. The van der Waals surface area contributed by atoms with E-state index in [-0.39, 0.29) is 0 Å². The minimum absolute atomic E-state index is 0.485. The summed E-state index contributed by atoms with van der Waals surface area (Å²) in [6.45, 7) is 1.99. The fourth-order valence-electron chi connectivity index (χ4n) is 2.10. The van der Waals surface area contributed by atoms with E-state index in [2.05, 4.69) is 10.3 Å². The first-order chi connectivity index (χ1) is 9.58. The number of rotatable bonds is 2. The fraction of sp³-hybridized carbons (Fsp3) is 0.133. The number of hydrogen-bond acceptors (Lipinski definition) is 3. The number of nitrogens with one attached hydrogen (secondary N) is 1. The number of hydrogen-bond donors (Lipinski definition) is 1. The number of fused-ring (bicyclic) bond motifs is 1. The minimum atomic E-state index is 0.485. The van der Waals surface area contributed by atoms with Gasteiger partial charge in [0.25, 0.3) is 0 Å². The van der Waals surface area contributed by atoms with Crippen LogP contribution >= 0.6 is 23.2 Å². The van der Waals surface area contributed by atoms with Crippen LogP contribution in [0.5, 0.6) is 0 Å². The standard InChI is InChI=1S/C15H12Cl2N2O/c1-8-5-10(18-2)7-13-14(8)20-15(19-13)9-3-4-11(16)12(17)6-9/h3-7,18H,1-2H3. The number of halogens is 2. The van der Waals surface area contributed by atoms with Gasteiger partial charge in [-0.3, -0.25) is 0 Å². The van der Waals surface area contributed by atoms with Crippen LogP contribution in [-0.4, -0.2) is 12.0 Å². The summed E-state index contributed by atoms with van der Waals surface area (Å²) in [7, 11) is 1.88. The van der Waals surface area contributed by atoms with E-state index in [0.717, 1.165) is 27.9 Å². The van der Waals surface area contributed by atoms with E-state index in [0.29, 0.717) is 15.9 Å². The van der Waals surface area contributed by atoms with Crippen LogP contribution in [0.3, 0.4) is 0 Å². The number of benzene rings is 2. The Morgan fingerprint density at radius 1 is 1.10 bits per heavy atom. The van der Waals surface area contributed by atoms with Crippen molar-refractivity contribution < 1.29 is 4.42 Å². The van der Waals surface area contributed by atoms with Gasteiger partial charge in [0.15, 0.2) is 5.58 Å². The summed E-state index contributed by atoms with van der Waals surface area (Å²) in [5, 5.41) is 4.10. The molecule has 0 spiro atoms. The van der Waals surface area contributed by atoms with E-state index in [4.69, 9.17) is 27.6 Å². The summed E-state index contributed by atoms with van der Waals surface area (Å²) < 4.78 is 5.84. The van der Waals surface area contributed by atoms with Crippen molar-refractivity contribution in [2.24, 2.45) is 0 Å². The molecule has 102 valence electrons. The maximum absolute atomic E-state index is 6.03. The molecule has 3 rings (SSSR count). The molecule has 0 aliphatic heterocycles. The molecule has 0 aliphatic rings. The molecule has 1 N–H and O–H groups in total. The Balaban J connectivity index is 2.17. The van der Waals surface area contributed by atoms with Crippen molar-refractivity contribution in [2.45, 2.75) is 6.92 Å². The lowest BCUT2D eigenvalue weighted by molar-refractivity contribution is 0.617. The Hall–Kier alpha value is -1.71. The van der Waals surface area contributed by atoms with Gasteiger partial charge in [-0.15, -0.1) is 0 Å². The van der Waals surface area contributed by atoms with Crippen LogP contribution in [-0.2, 0) is 0 Å².